The summed E-state index contributed by atoms with van der Waals surface area (Å²) in [5.41, 5.74) is -1.38. The number of ketones is 2. The molecule has 0 fully saturated rings. The van der Waals surface area contributed by atoms with E-state index in [1.807, 2.05) is 0 Å². The summed E-state index contributed by atoms with van der Waals surface area (Å²) < 4.78 is 11.0. The Morgan fingerprint density at radius 2 is 0.955 bits per heavy atom. The molecule has 4 rings (SSSR count). The predicted octanol–water partition coefficient (Wildman–Crippen LogP) is 8.06. The number of hydrogen-bond donors (Lipinski definition) is 2. The molecule has 44 heavy (non-hydrogen) atoms. The lowest BCUT2D eigenvalue weighted by molar-refractivity contribution is 0.0450. The van der Waals surface area contributed by atoms with Crippen molar-refractivity contribution in [1.82, 2.24) is 0 Å². The van der Waals surface area contributed by atoms with Crippen molar-refractivity contribution in [3.8, 4) is 11.5 Å². The summed E-state index contributed by atoms with van der Waals surface area (Å²) in [7, 11) is 0. The van der Waals surface area contributed by atoms with E-state index in [4.69, 9.17) is 9.47 Å². The van der Waals surface area contributed by atoms with Gasteiger partial charge in [0.1, 0.15) is 11.5 Å². The van der Waals surface area contributed by atoms with Gasteiger partial charge in [-0.1, -0.05) is 102 Å². The molecule has 0 aliphatic heterocycles. The van der Waals surface area contributed by atoms with Crippen LogP contribution in [0.25, 0.3) is 10.8 Å². The van der Waals surface area contributed by atoms with Gasteiger partial charge in [-0.2, -0.15) is 0 Å². The van der Waals surface area contributed by atoms with E-state index >= 15 is 0 Å². The number of fused-ring (bicyclic) bond motifs is 3. The monoisotopic (exact) mass is 602 g/mol. The zero-order valence-corrected chi connectivity index (χ0v) is 25.7. The Balaban J connectivity index is 1.64. The molecule has 0 bridgehead atoms. The average molecular weight is 603 g/mol. The third-order valence-electron chi connectivity index (χ3n) is 8.16. The summed E-state index contributed by atoms with van der Waals surface area (Å²) in [4.78, 5) is 54.0. The number of unbranched alkanes of at least 4 members (excludes halogenated alkanes) is 10. The molecule has 3 aromatic rings. The number of aromatic hydroxyl groups is 2. The predicted molar refractivity (Wildman–Crippen MR) is 168 cm³/mol. The second-order valence-corrected chi connectivity index (χ2v) is 11.4. The molecule has 1 aliphatic carbocycles. The molecule has 8 nitrogen and oxygen atoms in total. The van der Waals surface area contributed by atoms with Crippen LogP contribution in [0.15, 0.2) is 36.4 Å². The van der Waals surface area contributed by atoms with Crippen LogP contribution >= 0.6 is 0 Å². The number of phenolic OH excluding ortho intramolecular Hbond substituents is 2. The van der Waals surface area contributed by atoms with Crippen molar-refractivity contribution < 1.29 is 38.9 Å². The molecule has 1 aliphatic rings. The fraction of sp³-hybridized carbons (Fsp3) is 0.444. The largest absolute Gasteiger partial charge is 0.506 e. The first-order valence-electron chi connectivity index (χ1n) is 15.9. The zero-order valence-electron chi connectivity index (χ0n) is 25.7. The third kappa shape index (κ3) is 7.12. The van der Waals surface area contributed by atoms with E-state index in [0.29, 0.717) is 12.8 Å². The van der Waals surface area contributed by atoms with Crippen LogP contribution in [0.2, 0.25) is 0 Å². The second kappa shape index (κ2) is 15.5. The quantitative estimate of drug-likeness (QED) is 0.0749. The summed E-state index contributed by atoms with van der Waals surface area (Å²) >= 11 is 0. The number of benzene rings is 3. The summed E-state index contributed by atoms with van der Waals surface area (Å²) in [6.45, 7) is 4.56. The molecule has 0 unspecified atom stereocenters. The Kier molecular flexibility index (Phi) is 11.5. The van der Waals surface area contributed by atoms with E-state index in [-0.39, 0.29) is 57.4 Å². The Morgan fingerprint density at radius 3 is 1.34 bits per heavy atom. The topological polar surface area (TPSA) is 127 Å². The lowest BCUT2D eigenvalue weighted by atomic mass is 9.80. The Bertz CT molecular complexity index is 1420. The van der Waals surface area contributed by atoms with Crippen LogP contribution < -0.4 is 0 Å². The maximum Gasteiger partial charge on any atom is 0.339 e. The van der Waals surface area contributed by atoms with Gasteiger partial charge >= 0.3 is 11.9 Å². The van der Waals surface area contributed by atoms with Crippen LogP contribution in [0.4, 0.5) is 0 Å². The minimum atomic E-state index is -0.801. The van der Waals surface area contributed by atoms with E-state index in [9.17, 15) is 29.4 Å². The number of rotatable bonds is 16. The van der Waals surface area contributed by atoms with Gasteiger partial charge < -0.3 is 19.7 Å². The van der Waals surface area contributed by atoms with Gasteiger partial charge in [0.05, 0.1) is 35.5 Å². The van der Waals surface area contributed by atoms with Crippen LogP contribution in [0.1, 0.15) is 143 Å². The lowest BCUT2D eigenvalue weighted by Crippen LogP contribution is -2.25. The van der Waals surface area contributed by atoms with Gasteiger partial charge in [-0.3, -0.25) is 9.59 Å². The van der Waals surface area contributed by atoms with E-state index < -0.39 is 35.0 Å². The maximum absolute atomic E-state index is 13.7. The summed E-state index contributed by atoms with van der Waals surface area (Å²) in [6.07, 6.45) is 11.9. The van der Waals surface area contributed by atoms with Crippen molar-refractivity contribution in [3.05, 3.63) is 69.8 Å². The number of esters is 2. The molecular weight excluding hydrogens is 560 g/mol. The van der Waals surface area contributed by atoms with Crippen molar-refractivity contribution in [1.29, 1.82) is 0 Å². The number of carbonyl (C=O) groups excluding carboxylic acids is 4. The molecule has 0 amide bonds. The van der Waals surface area contributed by atoms with Gasteiger partial charge in [-0.25, -0.2) is 9.59 Å². The highest BCUT2D eigenvalue weighted by atomic mass is 16.5. The highest BCUT2D eigenvalue weighted by Gasteiger charge is 2.38. The van der Waals surface area contributed by atoms with Gasteiger partial charge in [0.15, 0.2) is 11.6 Å². The standard InChI is InChI=1S/C36H42O8/c1-3-5-7-9-11-15-19-43-35(41)27-21-25-26(22-28(27)36(42)44-20-16-12-10-8-6-4-2)34(40)30-29(33(25)39)31(37)23-17-13-14-18-24(23)32(30)38/h13-14,17-18,21-22,37-38H,3-12,15-16,19-20H2,1-2H3. The molecule has 0 atom stereocenters. The van der Waals surface area contributed by atoms with Crippen molar-refractivity contribution in [2.45, 2.75) is 90.9 Å². The number of hydrogen-bond acceptors (Lipinski definition) is 8. The van der Waals surface area contributed by atoms with Gasteiger partial charge in [0.25, 0.3) is 0 Å². The molecule has 2 N–H and O–H groups in total. The van der Waals surface area contributed by atoms with E-state index in [0.717, 1.165) is 64.2 Å². The molecule has 8 heteroatoms. The molecule has 234 valence electrons. The van der Waals surface area contributed by atoms with Crippen LogP contribution in [0.3, 0.4) is 0 Å². The van der Waals surface area contributed by atoms with E-state index in [2.05, 4.69) is 13.8 Å². The lowest BCUT2D eigenvalue weighted by Gasteiger charge is -2.22. The first-order chi connectivity index (χ1) is 21.3. The van der Waals surface area contributed by atoms with Gasteiger partial charge in [0.2, 0.25) is 0 Å². The third-order valence-corrected chi connectivity index (χ3v) is 8.16. The maximum atomic E-state index is 13.7. The number of phenols is 2. The van der Waals surface area contributed by atoms with Gasteiger partial charge in [-0.05, 0) is 25.0 Å². The normalized spacial score (nSPS) is 12.2. The summed E-state index contributed by atoms with van der Waals surface area (Å²) in [5, 5.41) is 22.4. The van der Waals surface area contributed by atoms with Gasteiger partial charge in [0, 0.05) is 21.9 Å². The summed E-state index contributed by atoms with van der Waals surface area (Å²) in [5.74, 6) is -3.97. The van der Waals surface area contributed by atoms with Crippen LogP contribution in [0, 0.1) is 0 Å². The van der Waals surface area contributed by atoms with Gasteiger partial charge in [-0.15, -0.1) is 0 Å². The van der Waals surface area contributed by atoms with E-state index in [1.165, 1.54) is 24.3 Å². The Labute approximate surface area is 258 Å². The van der Waals surface area contributed by atoms with E-state index in [1.54, 1.807) is 12.1 Å². The SMILES string of the molecule is CCCCCCCCOC(=O)c1cc2c(cc1C(=O)OCCCCCCCC)C(=O)c1c(c(O)c3ccccc3c1O)C2=O. The first kappa shape index (κ1) is 32.7. The molecule has 0 saturated heterocycles. The zero-order chi connectivity index (χ0) is 31.6. The molecule has 3 aromatic carbocycles. The Morgan fingerprint density at radius 1 is 0.591 bits per heavy atom. The van der Waals surface area contributed by atoms with Crippen LogP contribution in [-0.2, 0) is 9.47 Å². The van der Waals surface area contributed by atoms with Crippen LogP contribution in [-0.4, -0.2) is 46.9 Å². The minimum Gasteiger partial charge on any atom is -0.506 e. The first-order valence-corrected chi connectivity index (χ1v) is 15.9. The molecule has 0 radical (unpaired) electrons. The minimum absolute atomic E-state index is 0.144. The second-order valence-electron chi connectivity index (χ2n) is 11.4. The fourth-order valence-electron chi connectivity index (χ4n) is 5.68. The Hall–Kier alpha value is -4.20. The highest BCUT2D eigenvalue weighted by molar-refractivity contribution is 6.33. The molecule has 0 saturated carbocycles. The fourth-order valence-corrected chi connectivity index (χ4v) is 5.68. The molecule has 0 spiro atoms. The average Bonchev–Trinajstić information content (AvgIpc) is 3.03. The summed E-state index contributed by atoms with van der Waals surface area (Å²) in [6, 6.07) is 8.69. The van der Waals surface area contributed by atoms with Crippen molar-refractivity contribution in [2.24, 2.45) is 0 Å². The number of carbonyl (C=O) groups is 4. The highest BCUT2D eigenvalue weighted by Crippen LogP contribution is 2.44. The molecular formula is C36H42O8. The molecule has 0 heterocycles. The smallest absolute Gasteiger partial charge is 0.339 e. The number of ether oxygens (including phenoxy) is 2. The van der Waals surface area contributed by atoms with Crippen molar-refractivity contribution in [3.63, 3.8) is 0 Å². The van der Waals surface area contributed by atoms with Crippen LogP contribution in [0.5, 0.6) is 11.5 Å². The van der Waals surface area contributed by atoms with Crippen molar-refractivity contribution >= 4 is 34.3 Å². The molecule has 0 aromatic heterocycles. The van der Waals surface area contributed by atoms with Crippen molar-refractivity contribution in [2.75, 3.05) is 13.2 Å².